The monoisotopic (exact) mass is 335 g/mol. The first-order chi connectivity index (χ1) is 8.08. The van der Waals surface area contributed by atoms with Crippen LogP contribution in [0, 0.1) is 6.92 Å². The summed E-state index contributed by atoms with van der Waals surface area (Å²) >= 11 is 11.2. The van der Waals surface area contributed by atoms with Gasteiger partial charge < -0.3 is 5.32 Å². The summed E-state index contributed by atoms with van der Waals surface area (Å²) in [6.45, 7) is 2.01. The molecule has 0 spiro atoms. The van der Waals surface area contributed by atoms with E-state index in [9.17, 15) is 4.79 Å². The van der Waals surface area contributed by atoms with Crippen LogP contribution in [-0.4, -0.2) is 11.9 Å². The van der Waals surface area contributed by atoms with E-state index < -0.39 is 5.38 Å². The zero-order chi connectivity index (χ0) is 12.4. The molecule has 1 heterocycles. The highest BCUT2D eigenvalue weighted by atomic mass is 79.9. The van der Waals surface area contributed by atoms with Gasteiger partial charge in [0.2, 0.25) is 5.91 Å². The van der Waals surface area contributed by atoms with Crippen LogP contribution in [0.1, 0.15) is 40.8 Å². The summed E-state index contributed by atoms with van der Waals surface area (Å²) in [5.74, 6) is -0.0627. The Labute approximate surface area is 119 Å². The van der Waals surface area contributed by atoms with Crippen LogP contribution in [0.2, 0.25) is 0 Å². The first-order valence-electron chi connectivity index (χ1n) is 5.78. The van der Waals surface area contributed by atoms with Crippen LogP contribution in [0.4, 0.5) is 0 Å². The number of hydrogen-bond acceptors (Lipinski definition) is 2. The Morgan fingerprint density at radius 1 is 1.59 bits per heavy atom. The van der Waals surface area contributed by atoms with Crippen molar-refractivity contribution >= 4 is 44.8 Å². The van der Waals surface area contributed by atoms with Gasteiger partial charge in [-0.2, -0.15) is 0 Å². The molecule has 1 aliphatic carbocycles. The van der Waals surface area contributed by atoms with Crippen molar-refractivity contribution in [2.45, 2.75) is 44.0 Å². The number of nitrogens with one attached hydrogen (secondary N) is 1. The molecule has 2 rings (SSSR count). The Balaban J connectivity index is 1.98. The smallest absolute Gasteiger partial charge is 0.243 e. The van der Waals surface area contributed by atoms with Crippen LogP contribution in [0.5, 0.6) is 0 Å². The second kappa shape index (κ2) is 5.72. The fourth-order valence-electron chi connectivity index (χ4n) is 2.08. The van der Waals surface area contributed by atoms with E-state index in [1.54, 1.807) is 11.3 Å². The van der Waals surface area contributed by atoms with Crippen LogP contribution in [0.15, 0.2) is 10.5 Å². The zero-order valence-electron chi connectivity index (χ0n) is 9.63. The number of carbonyl (C=O) groups excluding carboxylic acids is 1. The maximum absolute atomic E-state index is 12.0. The Hall–Kier alpha value is -0.0600. The van der Waals surface area contributed by atoms with Gasteiger partial charge in [-0.3, -0.25) is 4.79 Å². The van der Waals surface area contributed by atoms with Crippen molar-refractivity contribution in [2.75, 3.05) is 0 Å². The average molecular weight is 337 g/mol. The van der Waals surface area contributed by atoms with Crippen LogP contribution in [0.25, 0.3) is 0 Å². The van der Waals surface area contributed by atoms with Crippen molar-refractivity contribution in [1.29, 1.82) is 0 Å². The number of carbonyl (C=O) groups is 1. The molecule has 1 aliphatic rings. The van der Waals surface area contributed by atoms with E-state index in [0.29, 0.717) is 6.04 Å². The summed E-state index contributed by atoms with van der Waals surface area (Å²) in [6.07, 6.45) is 4.59. The van der Waals surface area contributed by atoms with Gasteiger partial charge in [0.25, 0.3) is 0 Å². The molecular weight excluding hydrogens is 322 g/mol. The predicted molar refractivity (Wildman–Crippen MR) is 75.7 cm³/mol. The Kier molecular flexibility index (Phi) is 4.50. The number of halogens is 2. The van der Waals surface area contributed by atoms with Crippen LogP contribution in [-0.2, 0) is 4.79 Å². The summed E-state index contributed by atoms with van der Waals surface area (Å²) in [7, 11) is 0. The van der Waals surface area contributed by atoms with E-state index in [0.717, 1.165) is 27.1 Å². The molecule has 1 aromatic heterocycles. The molecule has 94 valence electrons. The zero-order valence-corrected chi connectivity index (χ0v) is 12.8. The number of alkyl halides is 1. The van der Waals surface area contributed by atoms with Gasteiger partial charge in [0, 0.05) is 20.3 Å². The van der Waals surface area contributed by atoms with Crippen molar-refractivity contribution in [3.05, 3.63) is 20.3 Å². The lowest BCUT2D eigenvalue weighted by Crippen LogP contribution is -2.34. The lowest BCUT2D eigenvalue weighted by molar-refractivity contribution is -0.121. The minimum atomic E-state index is -0.564. The molecule has 0 aliphatic heterocycles. The third-order valence-electron chi connectivity index (χ3n) is 3.06. The number of hydrogen-bond donors (Lipinski definition) is 1. The van der Waals surface area contributed by atoms with E-state index in [2.05, 4.69) is 21.2 Å². The molecule has 1 aromatic rings. The molecular formula is C12H15BrClNOS. The predicted octanol–water partition coefficient (Wildman–Crippen LogP) is 4.16. The van der Waals surface area contributed by atoms with Gasteiger partial charge in [0.1, 0.15) is 5.38 Å². The van der Waals surface area contributed by atoms with Gasteiger partial charge in [0.05, 0.1) is 0 Å². The molecule has 0 radical (unpaired) electrons. The molecule has 5 heteroatoms. The maximum atomic E-state index is 12.0. The molecule has 1 amide bonds. The van der Waals surface area contributed by atoms with Crippen molar-refractivity contribution in [2.24, 2.45) is 0 Å². The standard InChI is InChI=1S/C12H15BrClNOS/c1-7-9(13)6-10(17-7)11(14)12(16)15-8-4-2-3-5-8/h6,8,11H,2-5H2,1H3,(H,15,16). The average Bonchev–Trinajstić information content (AvgIpc) is 2.89. The molecule has 0 aromatic carbocycles. The Morgan fingerprint density at radius 2 is 2.24 bits per heavy atom. The molecule has 1 unspecified atom stereocenters. The molecule has 1 N–H and O–H groups in total. The van der Waals surface area contributed by atoms with E-state index in [-0.39, 0.29) is 5.91 Å². The molecule has 1 saturated carbocycles. The van der Waals surface area contributed by atoms with Gasteiger partial charge in [-0.25, -0.2) is 0 Å². The second-order valence-corrected chi connectivity index (χ2v) is 6.98. The molecule has 1 atom stereocenters. The lowest BCUT2D eigenvalue weighted by Gasteiger charge is -2.14. The molecule has 0 bridgehead atoms. The van der Waals surface area contributed by atoms with Crippen LogP contribution in [0.3, 0.4) is 0 Å². The quantitative estimate of drug-likeness (QED) is 0.825. The van der Waals surface area contributed by atoms with Crippen molar-refractivity contribution in [1.82, 2.24) is 5.32 Å². The highest BCUT2D eigenvalue weighted by Crippen LogP contribution is 2.34. The SMILES string of the molecule is Cc1sc(C(Cl)C(=O)NC2CCCC2)cc1Br. The van der Waals surface area contributed by atoms with E-state index in [4.69, 9.17) is 11.6 Å². The van der Waals surface area contributed by atoms with Crippen molar-refractivity contribution in [3.63, 3.8) is 0 Å². The summed E-state index contributed by atoms with van der Waals surface area (Å²) < 4.78 is 1.02. The molecule has 17 heavy (non-hydrogen) atoms. The Bertz CT molecular complexity index is 395. The highest BCUT2D eigenvalue weighted by molar-refractivity contribution is 9.10. The Morgan fingerprint density at radius 3 is 2.76 bits per heavy atom. The first-order valence-corrected chi connectivity index (χ1v) is 7.83. The van der Waals surface area contributed by atoms with E-state index >= 15 is 0 Å². The van der Waals surface area contributed by atoms with Gasteiger partial charge in [-0.15, -0.1) is 22.9 Å². The third kappa shape index (κ3) is 3.24. The highest BCUT2D eigenvalue weighted by Gasteiger charge is 2.24. The minimum absolute atomic E-state index is 0.0627. The van der Waals surface area contributed by atoms with Crippen LogP contribution >= 0.6 is 38.9 Å². The number of aryl methyl sites for hydroxylation is 1. The summed E-state index contributed by atoms with van der Waals surface area (Å²) in [5, 5.41) is 2.46. The maximum Gasteiger partial charge on any atom is 0.243 e. The molecule has 2 nitrogen and oxygen atoms in total. The topological polar surface area (TPSA) is 29.1 Å². The summed E-state index contributed by atoms with van der Waals surface area (Å²) in [6, 6.07) is 2.26. The largest absolute Gasteiger partial charge is 0.352 e. The fraction of sp³-hybridized carbons (Fsp3) is 0.583. The number of amides is 1. The van der Waals surface area contributed by atoms with Gasteiger partial charge in [-0.05, 0) is 41.8 Å². The van der Waals surface area contributed by atoms with E-state index in [1.807, 2.05) is 13.0 Å². The van der Waals surface area contributed by atoms with Crippen molar-refractivity contribution in [3.8, 4) is 0 Å². The summed E-state index contributed by atoms with van der Waals surface area (Å²) in [5.41, 5.74) is 0. The van der Waals surface area contributed by atoms with Gasteiger partial charge in [0.15, 0.2) is 0 Å². The fourth-order valence-corrected chi connectivity index (χ4v) is 3.88. The minimum Gasteiger partial charge on any atom is -0.352 e. The van der Waals surface area contributed by atoms with Gasteiger partial charge >= 0.3 is 0 Å². The van der Waals surface area contributed by atoms with Crippen LogP contribution < -0.4 is 5.32 Å². The number of rotatable bonds is 3. The first kappa shape index (κ1) is 13.4. The number of thiophene rings is 1. The third-order valence-corrected chi connectivity index (χ3v) is 5.82. The van der Waals surface area contributed by atoms with E-state index in [1.165, 1.54) is 12.8 Å². The molecule has 0 saturated heterocycles. The molecule has 1 fully saturated rings. The van der Waals surface area contributed by atoms with Crippen molar-refractivity contribution < 1.29 is 4.79 Å². The second-order valence-electron chi connectivity index (χ2n) is 4.41. The summed E-state index contributed by atoms with van der Waals surface area (Å²) in [4.78, 5) is 14.0. The lowest BCUT2D eigenvalue weighted by atomic mass is 10.2. The van der Waals surface area contributed by atoms with Gasteiger partial charge in [-0.1, -0.05) is 12.8 Å². The normalized spacial score (nSPS) is 18.3.